The van der Waals surface area contributed by atoms with Crippen molar-refractivity contribution in [2.45, 2.75) is 77.4 Å². The zero-order valence-corrected chi connectivity index (χ0v) is 20.6. The molecule has 0 spiro atoms. The number of methoxy groups -OCH3 is 1. The van der Waals surface area contributed by atoms with Crippen molar-refractivity contribution in [3.8, 4) is 5.75 Å². The number of aryl methyl sites for hydroxylation is 1. The summed E-state index contributed by atoms with van der Waals surface area (Å²) < 4.78 is 5.57. The van der Waals surface area contributed by atoms with Crippen LogP contribution in [0.2, 0.25) is 0 Å². The van der Waals surface area contributed by atoms with Crippen molar-refractivity contribution in [3.05, 3.63) is 41.1 Å². The van der Waals surface area contributed by atoms with Crippen LogP contribution in [0, 0.1) is 12.8 Å². The third-order valence-electron chi connectivity index (χ3n) is 6.87. The minimum absolute atomic E-state index is 0.0988. The number of nitrogens with zero attached hydrogens (tertiary/aromatic N) is 2. The van der Waals surface area contributed by atoms with Gasteiger partial charge >= 0.3 is 0 Å². The number of rotatable bonds is 10. The summed E-state index contributed by atoms with van der Waals surface area (Å²) >= 11 is 0. The highest BCUT2D eigenvalue weighted by molar-refractivity contribution is 6.12. The van der Waals surface area contributed by atoms with Gasteiger partial charge in [0.25, 0.3) is 5.91 Å². The van der Waals surface area contributed by atoms with Crippen molar-refractivity contribution >= 4 is 24.3 Å². The van der Waals surface area contributed by atoms with Gasteiger partial charge in [-0.25, -0.2) is 0 Å². The van der Waals surface area contributed by atoms with Crippen molar-refractivity contribution in [1.29, 1.82) is 0 Å². The van der Waals surface area contributed by atoms with Gasteiger partial charge in [-0.05, 0) is 69.9 Å². The first kappa shape index (κ1) is 25.5. The zero-order valence-electron chi connectivity index (χ0n) is 20.6. The second kappa shape index (κ2) is 11.3. The summed E-state index contributed by atoms with van der Waals surface area (Å²) in [5.41, 5.74) is 3.79. The van der Waals surface area contributed by atoms with Crippen LogP contribution in [0.15, 0.2) is 35.1 Å². The van der Waals surface area contributed by atoms with E-state index < -0.39 is 5.54 Å². The van der Waals surface area contributed by atoms with Crippen LogP contribution < -0.4 is 15.5 Å². The molecule has 0 radical (unpaired) electrons. The molecule has 8 nitrogen and oxygen atoms in total. The molecule has 1 aromatic rings. The van der Waals surface area contributed by atoms with E-state index in [1.807, 2.05) is 25.1 Å². The number of hydrogen-bond acceptors (Lipinski definition) is 6. The molecule has 0 bridgehead atoms. The number of amides is 2. The van der Waals surface area contributed by atoms with E-state index in [1.54, 1.807) is 25.0 Å². The van der Waals surface area contributed by atoms with Crippen LogP contribution in [-0.2, 0) is 20.9 Å². The molecule has 0 aromatic heterocycles. The number of nitrogens with one attached hydrogen (secondary N) is 2. The first-order chi connectivity index (χ1) is 16.3. The fraction of sp³-hybridized carbons (Fsp3) is 0.538. The Hall–Kier alpha value is -3.16. The Morgan fingerprint density at radius 3 is 2.53 bits per heavy atom. The van der Waals surface area contributed by atoms with Gasteiger partial charge in [-0.3, -0.25) is 19.8 Å². The highest BCUT2D eigenvalue weighted by Crippen LogP contribution is 2.44. The number of benzene rings is 1. The van der Waals surface area contributed by atoms with Gasteiger partial charge < -0.3 is 15.0 Å². The summed E-state index contributed by atoms with van der Waals surface area (Å²) in [6, 6.07) is 5.96. The van der Waals surface area contributed by atoms with Gasteiger partial charge in [-0.1, -0.05) is 25.1 Å². The van der Waals surface area contributed by atoms with E-state index >= 15 is 0 Å². The van der Waals surface area contributed by atoms with E-state index in [9.17, 15) is 14.4 Å². The van der Waals surface area contributed by atoms with Gasteiger partial charge in [-0.15, -0.1) is 0 Å². The first-order valence-electron chi connectivity index (χ1n) is 12.0. The molecule has 0 aliphatic heterocycles. The van der Waals surface area contributed by atoms with Crippen LogP contribution >= 0.6 is 0 Å². The Balaban J connectivity index is 1.89. The summed E-state index contributed by atoms with van der Waals surface area (Å²) in [4.78, 5) is 39.5. The molecule has 2 amide bonds. The molecule has 3 rings (SSSR count). The first-order valence-corrected chi connectivity index (χ1v) is 12.0. The maximum atomic E-state index is 13.7. The lowest BCUT2D eigenvalue weighted by atomic mass is 9.87. The Bertz CT molecular complexity index is 960. The molecule has 2 fully saturated rings. The number of allylic oxidation sites excluding steroid dienone is 1. The molecule has 0 saturated heterocycles. The van der Waals surface area contributed by atoms with Crippen LogP contribution in [0.4, 0.5) is 0 Å². The van der Waals surface area contributed by atoms with E-state index in [0.29, 0.717) is 30.8 Å². The van der Waals surface area contributed by atoms with Crippen molar-refractivity contribution in [1.82, 2.24) is 15.6 Å². The zero-order chi connectivity index (χ0) is 24.7. The van der Waals surface area contributed by atoms with Crippen LogP contribution in [0.1, 0.15) is 63.5 Å². The summed E-state index contributed by atoms with van der Waals surface area (Å²) in [6.45, 7) is 6.15. The van der Waals surface area contributed by atoms with Gasteiger partial charge in [0.1, 0.15) is 17.0 Å². The van der Waals surface area contributed by atoms with Crippen molar-refractivity contribution in [3.63, 3.8) is 0 Å². The maximum Gasteiger partial charge on any atom is 0.272 e. The average molecular weight is 469 g/mol. The van der Waals surface area contributed by atoms with Crippen molar-refractivity contribution in [2.75, 3.05) is 7.11 Å². The van der Waals surface area contributed by atoms with Crippen LogP contribution in [0.5, 0.6) is 5.75 Å². The van der Waals surface area contributed by atoms with E-state index in [0.717, 1.165) is 43.0 Å². The summed E-state index contributed by atoms with van der Waals surface area (Å²) in [7, 11) is 1.60. The fourth-order valence-corrected chi connectivity index (χ4v) is 4.55. The number of aldehydes is 1. The highest BCUT2D eigenvalue weighted by atomic mass is 16.5. The number of hydrazone groups is 1. The molecule has 1 aromatic carbocycles. The Labute approximate surface area is 201 Å². The third-order valence-corrected chi connectivity index (χ3v) is 6.87. The number of ether oxygens (including phenoxy) is 1. The molecule has 0 heterocycles. The molecule has 184 valence electrons. The smallest absolute Gasteiger partial charge is 0.272 e. The van der Waals surface area contributed by atoms with Crippen molar-refractivity contribution in [2.24, 2.45) is 11.0 Å². The van der Waals surface area contributed by atoms with Crippen molar-refractivity contribution < 1.29 is 19.1 Å². The molecule has 2 aliphatic rings. The number of carbonyl (C=O) groups excluding carboxylic acids is 3. The van der Waals surface area contributed by atoms with E-state index in [1.165, 1.54) is 0 Å². The molecule has 0 unspecified atom stereocenters. The van der Waals surface area contributed by atoms with Gasteiger partial charge in [-0.2, -0.15) is 5.10 Å². The molecule has 8 heteroatoms. The molecular formula is C26H36N4O4. The molecule has 2 saturated carbocycles. The van der Waals surface area contributed by atoms with Gasteiger partial charge in [0.05, 0.1) is 19.9 Å². The Morgan fingerprint density at radius 1 is 1.24 bits per heavy atom. The van der Waals surface area contributed by atoms with E-state index in [2.05, 4.69) is 22.8 Å². The lowest BCUT2D eigenvalue weighted by molar-refractivity contribution is -0.141. The summed E-state index contributed by atoms with van der Waals surface area (Å²) in [5.74, 6) is 0.908. The van der Waals surface area contributed by atoms with Gasteiger partial charge in [0.15, 0.2) is 6.29 Å². The fourth-order valence-electron chi connectivity index (χ4n) is 4.55. The molecule has 34 heavy (non-hydrogen) atoms. The topological polar surface area (TPSA) is 100 Å². The van der Waals surface area contributed by atoms with Crippen LogP contribution in [-0.4, -0.2) is 47.9 Å². The highest BCUT2D eigenvalue weighted by Gasteiger charge is 2.57. The molecule has 2 N–H and O–H groups in total. The predicted molar refractivity (Wildman–Crippen MR) is 131 cm³/mol. The lowest BCUT2D eigenvalue weighted by Crippen LogP contribution is -2.54. The normalized spacial score (nSPS) is 21.6. The average Bonchev–Trinajstić information content (AvgIpc) is 3.64. The van der Waals surface area contributed by atoms with E-state index in [-0.39, 0.29) is 30.1 Å². The number of hydrogen-bond donors (Lipinski definition) is 2. The Kier molecular flexibility index (Phi) is 8.47. The lowest BCUT2D eigenvalue weighted by Gasteiger charge is -2.34. The second-order valence-corrected chi connectivity index (χ2v) is 9.40. The quantitative estimate of drug-likeness (QED) is 0.238. The molecule has 2 aliphatic carbocycles. The summed E-state index contributed by atoms with van der Waals surface area (Å²) in [5, 5.41) is 7.01. The summed E-state index contributed by atoms with van der Waals surface area (Å²) in [6.07, 6.45) is 8.47. The monoisotopic (exact) mass is 468 g/mol. The van der Waals surface area contributed by atoms with Crippen LogP contribution in [0.25, 0.3) is 0 Å². The molecule has 0 atom stereocenters. The minimum atomic E-state index is -0.916. The SMILES string of the molecule is C/C=C(\N/N=C/C=O)C(=O)N(Cc1ccc(C)cc1OC)C1(C(=O)NC2CCC(C)CC2)CC1. The molecular weight excluding hydrogens is 432 g/mol. The minimum Gasteiger partial charge on any atom is -0.496 e. The standard InChI is InChI=1S/C26H36N4O4/c1-5-22(29-27-14-15-31)24(32)30(17-20-9-6-19(3)16-23(20)34-4)26(12-13-26)25(33)28-21-10-7-18(2)8-11-21/h5-6,9,14-16,18,21,29H,7-8,10-13,17H2,1-4H3,(H,28,33)/b22-5-,27-14+. The predicted octanol–water partition coefficient (Wildman–Crippen LogP) is 3.24. The third kappa shape index (κ3) is 5.85. The number of carbonyl (C=O) groups is 3. The largest absolute Gasteiger partial charge is 0.496 e. The van der Waals surface area contributed by atoms with Gasteiger partial charge in [0, 0.05) is 11.6 Å². The van der Waals surface area contributed by atoms with Crippen LogP contribution in [0.3, 0.4) is 0 Å². The second-order valence-electron chi connectivity index (χ2n) is 9.40. The maximum absolute atomic E-state index is 13.7. The van der Waals surface area contributed by atoms with E-state index in [4.69, 9.17) is 4.74 Å². The van der Waals surface area contributed by atoms with Gasteiger partial charge in [0.2, 0.25) is 5.91 Å². The Morgan fingerprint density at radius 2 is 1.94 bits per heavy atom.